The predicted octanol–water partition coefficient (Wildman–Crippen LogP) is 7.07. The van der Waals surface area contributed by atoms with E-state index in [-0.39, 0.29) is 34.5 Å². The highest BCUT2D eigenvalue weighted by atomic mass is 28.4. The first-order valence-corrected chi connectivity index (χ1v) is 14.6. The summed E-state index contributed by atoms with van der Waals surface area (Å²) in [6, 6.07) is 20.9. The highest BCUT2D eigenvalue weighted by molar-refractivity contribution is 6.74. The van der Waals surface area contributed by atoms with Crippen LogP contribution < -0.4 is 0 Å². The number of ketones is 1. The van der Waals surface area contributed by atoms with Crippen LogP contribution in [0.5, 0.6) is 0 Å². The van der Waals surface area contributed by atoms with Crippen molar-refractivity contribution in [2.75, 3.05) is 0 Å². The molecule has 2 aliphatic carbocycles. The lowest BCUT2D eigenvalue weighted by Gasteiger charge is -2.46. The standard InChI is InChI=1S/C29H34O2Si/c1-29(2,3)32(4,5)31-26-20-24(21-14-8-6-9-15-21)28-25(30)19-13-12-18-23(26)27(28)22-16-10-7-11-17-22/h6-11,14-17,20,23-24,27-28H,12,18H2,1-5H3/t23-,24-,27-,28-/m0/s1. The maximum atomic E-state index is 13.5. The van der Waals surface area contributed by atoms with E-state index in [9.17, 15) is 4.79 Å². The summed E-state index contributed by atoms with van der Waals surface area (Å²) < 4.78 is 7.00. The Morgan fingerprint density at radius 2 is 1.50 bits per heavy atom. The molecule has 0 saturated heterocycles. The third-order valence-corrected chi connectivity index (χ3v) is 11.9. The summed E-state index contributed by atoms with van der Waals surface area (Å²) in [5, 5.41) is 0.104. The van der Waals surface area contributed by atoms with Crippen LogP contribution in [0.3, 0.4) is 0 Å². The average molecular weight is 443 g/mol. The summed E-state index contributed by atoms with van der Waals surface area (Å²) in [4.78, 5) is 13.5. The monoisotopic (exact) mass is 442 g/mol. The minimum atomic E-state index is -2.04. The molecule has 4 atom stereocenters. The van der Waals surface area contributed by atoms with E-state index in [0.717, 1.165) is 24.2 Å². The number of hydrogen-bond donors (Lipinski definition) is 0. The van der Waals surface area contributed by atoms with Crippen LogP contribution in [0.25, 0.3) is 0 Å². The van der Waals surface area contributed by atoms with Crippen molar-refractivity contribution in [3.05, 3.63) is 83.6 Å². The van der Waals surface area contributed by atoms with E-state index in [1.165, 1.54) is 5.56 Å². The highest BCUT2D eigenvalue weighted by Gasteiger charge is 2.48. The van der Waals surface area contributed by atoms with Crippen molar-refractivity contribution in [1.29, 1.82) is 0 Å². The van der Waals surface area contributed by atoms with Crippen LogP contribution in [0, 0.1) is 23.7 Å². The lowest BCUT2D eigenvalue weighted by Crippen LogP contribution is -2.44. The normalized spacial score (nSPS) is 25.7. The first kappa shape index (κ1) is 22.6. The van der Waals surface area contributed by atoms with Gasteiger partial charge in [0.2, 0.25) is 14.1 Å². The van der Waals surface area contributed by atoms with E-state index in [0.29, 0.717) is 0 Å². The molecule has 0 spiro atoms. The van der Waals surface area contributed by atoms with Gasteiger partial charge in [-0.2, -0.15) is 0 Å². The van der Waals surface area contributed by atoms with E-state index >= 15 is 0 Å². The Morgan fingerprint density at radius 3 is 2.09 bits per heavy atom. The second-order valence-electron chi connectivity index (χ2n) is 10.6. The molecule has 2 aromatic rings. The summed E-state index contributed by atoms with van der Waals surface area (Å²) in [6.07, 6.45) is 3.91. The van der Waals surface area contributed by atoms with Crippen molar-refractivity contribution in [2.24, 2.45) is 11.8 Å². The lowest BCUT2D eigenvalue weighted by atomic mass is 9.62. The van der Waals surface area contributed by atoms with Gasteiger partial charge in [0.05, 0.1) is 5.76 Å². The molecule has 0 amide bonds. The Balaban J connectivity index is 1.91. The minimum Gasteiger partial charge on any atom is -0.547 e. The molecule has 32 heavy (non-hydrogen) atoms. The van der Waals surface area contributed by atoms with Crippen LogP contribution in [-0.4, -0.2) is 14.1 Å². The fraction of sp³-hybridized carbons (Fsp3) is 0.414. The first-order chi connectivity index (χ1) is 15.2. The van der Waals surface area contributed by atoms with Crippen LogP contribution in [0.15, 0.2) is 72.5 Å². The van der Waals surface area contributed by atoms with Gasteiger partial charge < -0.3 is 4.43 Å². The van der Waals surface area contributed by atoms with Crippen molar-refractivity contribution in [3.8, 4) is 11.8 Å². The highest BCUT2D eigenvalue weighted by Crippen LogP contribution is 2.52. The maximum Gasteiger partial charge on any atom is 0.250 e. The molecule has 4 rings (SSSR count). The molecule has 0 heterocycles. The number of rotatable bonds is 4. The molecular formula is C29H34O2Si. The van der Waals surface area contributed by atoms with Crippen molar-refractivity contribution in [2.45, 2.75) is 63.6 Å². The van der Waals surface area contributed by atoms with Crippen LogP contribution in [0.2, 0.25) is 18.1 Å². The SMILES string of the molecule is CC(C)(C)[Si](C)(C)OC1=C[C@@H](c2ccccc2)[C@H]2C(=O)C#CCC[C@@H]1[C@@H]2c1ccccc1. The van der Waals surface area contributed by atoms with E-state index in [2.05, 4.69) is 100 Å². The maximum absolute atomic E-state index is 13.5. The molecule has 2 aromatic carbocycles. The number of Topliss-reactive ketones (excluding diaryl/α,β-unsaturated/α-hetero) is 1. The molecule has 0 saturated carbocycles. The van der Waals surface area contributed by atoms with Gasteiger partial charge in [-0.25, -0.2) is 0 Å². The number of allylic oxidation sites excluding steroid dienone is 2. The molecule has 0 aromatic heterocycles. The Morgan fingerprint density at radius 1 is 0.906 bits per heavy atom. The molecule has 2 aliphatic rings. The van der Waals surface area contributed by atoms with Crippen LogP contribution >= 0.6 is 0 Å². The summed E-state index contributed by atoms with van der Waals surface area (Å²) in [5.74, 6) is 7.24. The molecule has 2 bridgehead atoms. The summed E-state index contributed by atoms with van der Waals surface area (Å²) in [5.41, 5.74) is 2.37. The van der Waals surface area contributed by atoms with Crippen molar-refractivity contribution in [3.63, 3.8) is 0 Å². The lowest BCUT2D eigenvalue weighted by molar-refractivity contribution is -0.119. The van der Waals surface area contributed by atoms with Crippen molar-refractivity contribution >= 4 is 14.1 Å². The van der Waals surface area contributed by atoms with Crippen LogP contribution in [-0.2, 0) is 9.22 Å². The average Bonchev–Trinajstić information content (AvgIpc) is 2.75. The molecule has 166 valence electrons. The minimum absolute atomic E-state index is 0.0441. The van der Waals surface area contributed by atoms with Gasteiger partial charge in [0, 0.05) is 30.1 Å². The van der Waals surface area contributed by atoms with Gasteiger partial charge in [0.1, 0.15) is 0 Å². The quantitative estimate of drug-likeness (QED) is 0.287. The summed E-state index contributed by atoms with van der Waals surface area (Å²) in [7, 11) is -2.04. The van der Waals surface area contributed by atoms with E-state index < -0.39 is 8.32 Å². The second-order valence-corrected chi connectivity index (χ2v) is 15.4. The van der Waals surface area contributed by atoms with E-state index in [1.807, 2.05) is 12.1 Å². The Kier molecular flexibility index (Phi) is 6.19. The molecule has 0 aliphatic heterocycles. The van der Waals surface area contributed by atoms with Gasteiger partial charge in [-0.15, -0.1) is 0 Å². The van der Waals surface area contributed by atoms with Crippen molar-refractivity contribution < 1.29 is 9.22 Å². The third kappa shape index (κ3) is 4.34. The Labute approximate surface area is 194 Å². The fourth-order valence-electron chi connectivity index (χ4n) is 4.81. The smallest absolute Gasteiger partial charge is 0.250 e. The van der Waals surface area contributed by atoms with E-state index in [4.69, 9.17) is 4.43 Å². The second kappa shape index (κ2) is 8.75. The first-order valence-electron chi connectivity index (χ1n) is 11.7. The zero-order valence-corrected chi connectivity index (χ0v) is 20.9. The molecule has 3 heteroatoms. The van der Waals surface area contributed by atoms with Gasteiger partial charge in [-0.3, -0.25) is 4.79 Å². The molecular weight excluding hydrogens is 408 g/mol. The molecule has 2 nitrogen and oxygen atoms in total. The zero-order valence-electron chi connectivity index (χ0n) is 19.9. The molecule has 0 fully saturated rings. The number of carbonyl (C=O) groups is 1. The largest absolute Gasteiger partial charge is 0.547 e. The predicted molar refractivity (Wildman–Crippen MR) is 134 cm³/mol. The van der Waals surface area contributed by atoms with Gasteiger partial charge in [0.25, 0.3) is 0 Å². The van der Waals surface area contributed by atoms with Gasteiger partial charge in [-0.05, 0) is 47.7 Å². The fourth-order valence-corrected chi connectivity index (χ4v) is 5.93. The summed E-state index contributed by atoms with van der Waals surface area (Å²) in [6.45, 7) is 11.5. The Bertz CT molecular complexity index is 1050. The number of carbonyl (C=O) groups excluding carboxylic acids is 1. The van der Waals surface area contributed by atoms with Gasteiger partial charge in [-0.1, -0.05) is 87.4 Å². The third-order valence-electron chi connectivity index (χ3n) is 7.56. The number of fused-ring (bicyclic) bond motifs is 2. The van der Waals surface area contributed by atoms with Crippen LogP contribution in [0.1, 0.15) is 56.6 Å². The van der Waals surface area contributed by atoms with Gasteiger partial charge in [0.15, 0.2) is 0 Å². The molecule has 0 N–H and O–H groups in total. The molecule has 0 radical (unpaired) electrons. The zero-order chi connectivity index (χ0) is 22.9. The van der Waals surface area contributed by atoms with Crippen LogP contribution in [0.4, 0.5) is 0 Å². The summed E-state index contributed by atoms with van der Waals surface area (Å²) >= 11 is 0. The topological polar surface area (TPSA) is 26.3 Å². The number of hydrogen-bond acceptors (Lipinski definition) is 2. The van der Waals surface area contributed by atoms with Gasteiger partial charge >= 0.3 is 0 Å². The van der Waals surface area contributed by atoms with Crippen molar-refractivity contribution in [1.82, 2.24) is 0 Å². The Hall–Kier alpha value is -2.57. The molecule has 0 unspecified atom stereocenters. The van der Waals surface area contributed by atoms with E-state index in [1.54, 1.807) is 0 Å². The number of benzene rings is 2.